The van der Waals surface area contributed by atoms with Crippen molar-refractivity contribution in [1.29, 1.82) is 0 Å². The maximum Gasteiger partial charge on any atom is 0.354 e. The van der Waals surface area contributed by atoms with Crippen LogP contribution in [0, 0.1) is 17.5 Å². The summed E-state index contributed by atoms with van der Waals surface area (Å²) in [6.45, 7) is -0.443. The number of halogens is 4. The summed E-state index contributed by atoms with van der Waals surface area (Å²) in [6.07, 6.45) is 3.15. The summed E-state index contributed by atoms with van der Waals surface area (Å²) in [5.74, 6) is -3.84. The number of carboxylic acid groups (broad SMARTS) is 1. The van der Waals surface area contributed by atoms with E-state index >= 15 is 0 Å². The Labute approximate surface area is 193 Å². The molecule has 1 aliphatic carbocycles. The second kappa shape index (κ2) is 9.67. The first-order valence-electron chi connectivity index (χ1n) is 10.3. The zero-order chi connectivity index (χ0) is 23.5. The molecule has 1 heterocycles. The molecule has 0 radical (unpaired) electrons. The summed E-state index contributed by atoms with van der Waals surface area (Å²) < 4.78 is 47.1. The Morgan fingerprint density at radius 2 is 1.70 bits per heavy atom. The van der Waals surface area contributed by atoms with Gasteiger partial charge in [-0.1, -0.05) is 17.7 Å². The van der Waals surface area contributed by atoms with Crippen LogP contribution in [0.2, 0.25) is 5.02 Å². The first-order chi connectivity index (χ1) is 15.8. The molecule has 4 rings (SSSR count). The van der Waals surface area contributed by atoms with E-state index in [9.17, 15) is 23.1 Å². The molecule has 170 valence electrons. The van der Waals surface area contributed by atoms with Crippen LogP contribution in [0.4, 0.5) is 13.2 Å². The average molecular weight is 474 g/mol. The molecule has 3 aromatic rings. The van der Waals surface area contributed by atoms with E-state index in [0.717, 1.165) is 24.0 Å². The predicted molar refractivity (Wildman–Crippen MR) is 119 cm³/mol. The summed E-state index contributed by atoms with van der Waals surface area (Å²) in [4.78, 5) is 15.7. The van der Waals surface area contributed by atoms with E-state index in [1.165, 1.54) is 6.07 Å². The summed E-state index contributed by atoms with van der Waals surface area (Å²) in [5.41, 5.74) is 2.50. The third kappa shape index (κ3) is 5.03. The number of carboxylic acids is 1. The van der Waals surface area contributed by atoms with E-state index < -0.39 is 30.0 Å². The van der Waals surface area contributed by atoms with Crippen LogP contribution < -0.4 is 4.74 Å². The Kier molecular flexibility index (Phi) is 6.70. The zero-order valence-electron chi connectivity index (χ0n) is 17.4. The minimum absolute atomic E-state index is 0.0604. The lowest BCUT2D eigenvalue weighted by Gasteiger charge is -2.23. The van der Waals surface area contributed by atoms with Gasteiger partial charge in [-0.3, -0.25) is 0 Å². The Morgan fingerprint density at radius 1 is 1.00 bits per heavy atom. The van der Waals surface area contributed by atoms with Crippen molar-refractivity contribution in [2.24, 2.45) is 0 Å². The van der Waals surface area contributed by atoms with E-state index in [4.69, 9.17) is 16.3 Å². The van der Waals surface area contributed by atoms with Gasteiger partial charge in [0.1, 0.15) is 35.5 Å². The number of carbonyl (C=O) groups is 1. The highest BCUT2D eigenvalue weighted by atomic mass is 35.5. The van der Waals surface area contributed by atoms with Gasteiger partial charge >= 0.3 is 5.97 Å². The van der Waals surface area contributed by atoms with Crippen molar-refractivity contribution < 1.29 is 27.8 Å². The van der Waals surface area contributed by atoms with Crippen molar-refractivity contribution in [3.8, 4) is 5.75 Å². The lowest BCUT2D eigenvalue weighted by atomic mass is 9.85. The summed E-state index contributed by atoms with van der Waals surface area (Å²) in [5, 5.41) is 9.76. The molecule has 0 saturated heterocycles. The Bertz CT molecular complexity index is 1240. The molecule has 33 heavy (non-hydrogen) atoms. The molecule has 0 unspecified atom stereocenters. The van der Waals surface area contributed by atoms with Gasteiger partial charge in [-0.2, -0.15) is 0 Å². The molecule has 2 aromatic carbocycles. The van der Waals surface area contributed by atoms with Crippen LogP contribution in [0.5, 0.6) is 5.75 Å². The molecule has 1 aromatic heterocycles. The van der Waals surface area contributed by atoms with Crippen LogP contribution in [0.25, 0.3) is 11.1 Å². The predicted octanol–water partition coefficient (Wildman–Crippen LogP) is 6.91. The van der Waals surface area contributed by atoms with Crippen molar-refractivity contribution in [2.45, 2.75) is 32.3 Å². The highest BCUT2D eigenvalue weighted by Gasteiger charge is 2.22. The number of aromatic nitrogens is 1. The summed E-state index contributed by atoms with van der Waals surface area (Å²) in [6, 6.07) is 10.9. The third-order valence-electron chi connectivity index (χ3n) is 5.49. The van der Waals surface area contributed by atoms with Gasteiger partial charge < -0.3 is 9.84 Å². The maximum atomic E-state index is 14.1. The molecule has 0 amide bonds. The Hall–Kier alpha value is -3.32. The van der Waals surface area contributed by atoms with E-state index in [1.54, 1.807) is 30.3 Å². The fourth-order valence-corrected chi connectivity index (χ4v) is 4.10. The Morgan fingerprint density at radius 3 is 2.39 bits per heavy atom. The van der Waals surface area contributed by atoms with E-state index in [1.807, 2.05) is 0 Å². The van der Waals surface area contributed by atoms with Gasteiger partial charge in [0.2, 0.25) is 0 Å². The van der Waals surface area contributed by atoms with Crippen LogP contribution in [0.3, 0.4) is 0 Å². The van der Waals surface area contributed by atoms with Gasteiger partial charge in [0.25, 0.3) is 0 Å². The van der Waals surface area contributed by atoms with Crippen molar-refractivity contribution >= 4 is 28.7 Å². The van der Waals surface area contributed by atoms with Gasteiger partial charge in [-0.05, 0) is 67.2 Å². The van der Waals surface area contributed by atoms with Gasteiger partial charge in [0, 0.05) is 22.7 Å². The Balaban J connectivity index is 1.75. The number of hydrogen-bond acceptors (Lipinski definition) is 3. The second-order valence-electron chi connectivity index (χ2n) is 7.65. The van der Waals surface area contributed by atoms with Crippen molar-refractivity contribution in [2.75, 3.05) is 0 Å². The van der Waals surface area contributed by atoms with Gasteiger partial charge in [0.15, 0.2) is 0 Å². The second-order valence-corrected chi connectivity index (χ2v) is 8.09. The van der Waals surface area contributed by atoms with Gasteiger partial charge in [-0.15, -0.1) is 0 Å². The number of benzene rings is 2. The maximum absolute atomic E-state index is 14.1. The first-order valence-corrected chi connectivity index (χ1v) is 10.7. The molecule has 0 fully saturated rings. The number of pyridine rings is 1. The SMILES string of the molecule is O=C(O)c1cccc(C2=C(c3cc(Cl)ccc3OCc3c(F)cc(F)cc3F)CCCC2)n1. The number of allylic oxidation sites excluding steroid dienone is 2. The molecule has 8 heteroatoms. The first kappa shape index (κ1) is 22.9. The fraction of sp³-hybridized carbons (Fsp3) is 0.200. The fourth-order valence-electron chi connectivity index (χ4n) is 3.93. The normalized spacial score (nSPS) is 13.8. The van der Waals surface area contributed by atoms with Crippen LogP contribution in [0.1, 0.15) is 53.0 Å². The molecule has 0 bridgehead atoms. The molecule has 0 atom stereocenters. The lowest BCUT2D eigenvalue weighted by Crippen LogP contribution is -2.07. The molecule has 1 N–H and O–H groups in total. The summed E-state index contributed by atoms with van der Waals surface area (Å²) in [7, 11) is 0. The van der Waals surface area contributed by atoms with Crippen molar-refractivity contribution in [1.82, 2.24) is 4.98 Å². The zero-order valence-corrected chi connectivity index (χ0v) is 18.1. The van der Waals surface area contributed by atoms with E-state index in [2.05, 4.69) is 4.98 Å². The van der Waals surface area contributed by atoms with Crippen molar-refractivity contribution in [3.63, 3.8) is 0 Å². The number of rotatable bonds is 6. The monoisotopic (exact) mass is 473 g/mol. The van der Waals surface area contributed by atoms with Gasteiger partial charge in [0.05, 0.1) is 11.3 Å². The third-order valence-corrected chi connectivity index (χ3v) is 5.72. The standard InChI is InChI=1S/C25H19ClF3NO3/c26-14-8-9-24(33-13-19-20(28)11-15(27)12-21(19)29)18(10-14)16-4-1-2-5-17(16)22-6-3-7-23(30-22)25(31)32/h3,6-12H,1-2,4-5,13H2,(H,31,32). The largest absolute Gasteiger partial charge is 0.488 e. The minimum Gasteiger partial charge on any atom is -0.488 e. The number of ether oxygens (including phenoxy) is 1. The van der Waals surface area contributed by atoms with Crippen LogP contribution >= 0.6 is 11.6 Å². The molecule has 1 aliphatic rings. The molecule has 0 saturated carbocycles. The van der Waals surface area contributed by atoms with Crippen LogP contribution in [0.15, 0.2) is 48.5 Å². The summed E-state index contributed by atoms with van der Waals surface area (Å²) >= 11 is 6.25. The molecule has 0 aliphatic heterocycles. The molecular weight excluding hydrogens is 455 g/mol. The van der Waals surface area contributed by atoms with Gasteiger partial charge in [-0.25, -0.2) is 22.9 Å². The van der Waals surface area contributed by atoms with Crippen LogP contribution in [-0.4, -0.2) is 16.1 Å². The average Bonchev–Trinajstić information content (AvgIpc) is 2.79. The quantitative estimate of drug-likeness (QED) is 0.422. The molecular formula is C25H19ClF3NO3. The molecule has 4 nitrogen and oxygen atoms in total. The number of nitrogens with zero attached hydrogens (tertiary/aromatic N) is 1. The number of aromatic carboxylic acids is 1. The van der Waals surface area contributed by atoms with Crippen molar-refractivity contribution in [3.05, 3.63) is 93.5 Å². The topological polar surface area (TPSA) is 59.4 Å². The highest BCUT2D eigenvalue weighted by molar-refractivity contribution is 6.30. The van der Waals surface area contributed by atoms with E-state index in [-0.39, 0.29) is 11.3 Å². The van der Waals surface area contributed by atoms with E-state index in [0.29, 0.717) is 47.0 Å². The lowest BCUT2D eigenvalue weighted by molar-refractivity contribution is 0.0690. The smallest absolute Gasteiger partial charge is 0.354 e. The number of hydrogen-bond donors (Lipinski definition) is 1. The minimum atomic E-state index is -1.12. The highest BCUT2D eigenvalue weighted by Crippen LogP contribution is 2.42. The molecule has 0 spiro atoms. The van der Waals surface area contributed by atoms with Crippen LogP contribution in [-0.2, 0) is 6.61 Å².